The predicted molar refractivity (Wildman–Crippen MR) is 79.4 cm³/mol. The number of anilines is 1. The van der Waals surface area contributed by atoms with Crippen molar-refractivity contribution in [1.29, 1.82) is 0 Å². The lowest BCUT2D eigenvalue weighted by Gasteiger charge is -2.05. The van der Waals surface area contributed by atoms with E-state index < -0.39 is 0 Å². The van der Waals surface area contributed by atoms with Crippen LogP contribution >= 0.6 is 0 Å². The largest absolute Gasteiger partial charge is 0.441 e. The van der Waals surface area contributed by atoms with Crippen LogP contribution in [0.25, 0.3) is 11.1 Å². The van der Waals surface area contributed by atoms with E-state index in [1.807, 2.05) is 20.9 Å². The Hall–Kier alpha value is -2.63. The molecule has 6 heteroatoms. The van der Waals surface area contributed by atoms with E-state index in [9.17, 15) is 4.79 Å². The van der Waals surface area contributed by atoms with Gasteiger partial charge >= 0.3 is 0 Å². The Labute approximate surface area is 121 Å². The van der Waals surface area contributed by atoms with Crippen LogP contribution in [0.3, 0.4) is 0 Å². The summed E-state index contributed by atoms with van der Waals surface area (Å²) in [5.41, 5.74) is 4.27. The van der Waals surface area contributed by atoms with Gasteiger partial charge in [-0.2, -0.15) is 5.10 Å². The van der Waals surface area contributed by atoms with Crippen molar-refractivity contribution in [1.82, 2.24) is 14.8 Å². The molecule has 0 unspecified atom stereocenters. The highest BCUT2D eigenvalue weighted by Gasteiger charge is 2.17. The molecule has 6 nitrogen and oxygen atoms in total. The highest BCUT2D eigenvalue weighted by Crippen LogP contribution is 2.21. The third kappa shape index (κ3) is 2.29. The van der Waals surface area contributed by atoms with E-state index in [0.717, 1.165) is 11.2 Å². The summed E-state index contributed by atoms with van der Waals surface area (Å²) < 4.78 is 7.12. The van der Waals surface area contributed by atoms with Gasteiger partial charge in [-0.3, -0.25) is 9.48 Å². The second-order valence-corrected chi connectivity index (χ2v) is 5.04. The van der Waals surface area contributed by atoms with E-state index in [2.05, 4.69) is 15.4 Å². The van der Waals surface area contributed by atoms with Crippen molar-refractivity contribution >= 4 is 22.7 Å². The first-order valence-corrected chi connectivity index (χ1v) is 6.64. The number of aromatic nitrogens is 3. The molecule has 0 aliphatic heterocycles. The van der Waals surface area contributed by atoms with Gasteiger partial charge < -0.3 is 9.73 Å². The first-order valence-electron chi connectivity index (χ1n) is 6.64. The van der Waals surface area contributed by atoms with E-state index in [1.165, 1.54) is 0 Å². The van der Waals surface area contributed by atoms with Gasteiger partial charge in [0.2, 0.25) is 0 Å². The predicted octanol–water partition coefficient (Wildman–Crippen LogP) is 2.74. The van der Waals surface area contributed by atoms with Crippen molar-refractivity contribution in [3.63, 3.8) is 0 Å². The van der Waals surface area contributed by atoms with Crippen LogP contribution in [0.4, 0.5) is 5.69 Å². The molecule has 0 spiro atoms. The number of nitrogens with one attached hydrogen (secondary N) is 1. The van der Waals surface area contributed by atoms with Crippen molar-refractivity contribution in [2.45, 2.75) is 20.8 Å². The van der Waals surface area contributed by atoms with Crippen LogP contribution < -0.4 is 5.32 Å². The number of carbonyl (C=O) groups is 1. The highest BCUT2D eigenvalue weighted by atomic mass is 16.3. The van der Waals surface area contributed by atoms with Gasteiger partial charge in [-0.25, -0.2) is 4.98 Å². The van der Waals surface area contributed by atoms with Gasteiger partial charge in [0.25, 0.3) is 5.91 Å². The molecule has 0 saturated carbocycles. The number of rotatable bonds is 2. The molecule has 0 aliphatic carbocycles. The van der Waals surface area contributed by atoms with Gasteiger partial charge in [0.1, 0.15) is 5.52 Å². The normalized spacial score (nSPS) is 11.0. The third-order valence-corrected chi connectivity index (χ3v) is 3.49. The summed E-state index contributed by atoms with van der Waals surface area (Å²) in [6.07, 6.45) is 0. The SMILES string of the molecule is Cc1nc2cc(NC(=O)c3c(C)nn(C)c3C)ccc2o1. The fourth-order valence-corrected chi connectivity index (χ4v) is 2.42. The molecule has 0 aliphatic rings. The van der Waals surface area contributed by atoms with Gasteiger partial charge in [0, 0.05) is 25.4 Å². The number of oxazole rings is 1. The Kier molecular flexibility index (Phi) is 3.01. The summed E-state index contributed by atoms with van der Waals surface area (Å²) >= 11 is 0. The van der Waals surface area contributed by atoms with Gasteiger partial charge in [0.15, 0.2) is 11.5 Å². The third-order valence-electron chi connectivity index (χ3n) is 3.49. The first kappa shape index (κ1) is 13.4. The molecule has 0 fully saturated rings. The van der Waals surface area contributed by atoms with E-state index in [4.69, 9.17) is 4.42 Å². The maximum atomic E-state index is 12.4. The molecule has 3 rings (SSSR count). The zero-order valence-electron chi connectivity index (χ0n) is 12.4. The van der Waals surface area contributed by atoms with Crippen LogP contribution in [-0.4, -0.2) is 20.7 Å². The van der Waals surface area contributed by atoms with Crippen LogP contribution in [0.1, 0.15) is 27.6 Å². The smallest absolute Gasteiger partial charge is 0.259 e. The molecule has 108 valence electrons. The summed E-state index contributed by atoms with van der Waals surface area (Å²) in [5.74, 6) is 0.435. The highest BCUT2D eigenvalue weighted by molar-refractivity contribution is 6.06. The molecule has 2 aromatic heterocycles. The van der Waals surface area contributed by atoms with Crippen LogP contribution in [0.2, 0.25) is 0 Å². The van der Waals surface area contributed by atoms with Gasteiger partial charge in [0.05, 0.1) is 11.3 Å². The number of hydrogen-bond acceptors (Lipinski definition) is 4. The van der Waals surface area contributed by atoms with E-state index in [-0.39, 0.29) is 5.91 Å². The van der Waals surface area contributed by atoms with Gasteiger partial charge in [-0.15, -0.1) is 0 Å². The molecule has 0 atom stereocenters. The minimum atomic E-state index is -0.169. The second-order valence-electron chi connectivity index (χ2n) is 5.04. The number of amides is 1. The molecule has 2 heterocycles. The summed E-state index contributed by atoms with van der Waals surface area (Å²) in [5, 5.41) is 7.14. The standard InChI is InChI=1S/C15H16N4O2/c1-8-14(9(2)19(4)18-8)15(20)17-11-5-6-13-12(7-11)16-10(3)21-13/h5-7H,1-4H3,(H,17,20). The quantitative estimate of drug-likeness (QED) is 0.785. The maximum Gasteiger partial charge on any atom is 0.259 e. The number of aryl methyl sites for hydroxylation is 3. The average Bonchev–Trinajstić information content (AvgIpc) is 2.88. The fraction of sp³-hybridized carbons (Fsp3) is 0.267. The molecule has 1 N–H and O–H groups in total. The topological polar surface area (TPSA) is 73.0 Å². The Morgan fingerprint density at radius 2 is 2.05 bits per heavy atom. The van der Waals surface area contributed by atoms with Gasteiger partial charge in [-0.05, 0) is 32.0 Å². The zero-order chi connectivity index (χ0) is 15.1. The molecular weight excluding hydrogens is 268 g/mol. The number of nitrogens with zero attached hydrogens (tertiary/aromatic N) is 3. The minimum absolute atomic E-state index is 0.169. The Bertz CT molecular complexity index is 845. The van der Waals surface area contributed by atoms with Crippen LogP contribution in [0.15, 0.2) is 22.6 Å². The Morgan fingerprint density at radius 1 is 1.29 bits per heavy atom. The number of benzene rings is 1. The van der Waals surface area contributed by atoms with Crippen LogP contribution in [-0.2, 0) is 7.05 Å². The summed E-state index contributed by atoms with van der Waals surface area (Å²) in [4.78, 5) is 16.7. The van der Waals surface area contributed by atoms with Crippen molar-refractivity contribution in [2.75, 3.05) is 5.32 Å². The molecule has 0 bridgehead atoms. The van der Waals surface area contributed by atoms with Crippen molar-refractivity contribution in [3.05, 3.63) is 41.0 Å². The first-order chi connectivity index (χ1) is 9.95. The Balaban J connectivity index is 1.92. The molecule has 0 saturated heterocycles. The van der Waals surface area contributed by atoms with Gasteiger partial charge in [-0.1, -0.05) is 0 Å². The van der Waals surface area contributed by atoms with Crippen molar-refractivity contribution in [3.8, 4) is 0 Å². The summed E-state index contributed by atoms with van der Waals surface area (Å²) in [6, 6.07) is 5.39. The Morgan fingerprint density at radius 3 is 2.71 bits per heavy atom. The van der Waals surface area contributed by atoms with Crippen molar-refractivity contribution in [2.24, 2.45) is 7.05 Å². The summed E-state index contributed by atoms with van der Waals surface area (Å²) in [6.45, 7) is 5.49. The molecule has 1 amide bonds. The lowest BCUT2D eigenvalue weighted by Crippen LogP contribution is -2.14. The van der Waals surface area contributed by atoms with E-state index in [1.54, 1.807) is 29.8 Å². The molecule has 3 aromatic rings. The summed E-state index contributed by atoms with van der Waals surface area (Å²) in [7, 11) is 1.82. The van der Waals surface area contributed by atoms with Crippen molar-refractivity contribution < 1.29 is 9.21 Å². The lowest BCUT2D eigenvalue weighted by atomic mass is 10.2. The number of carbonyl (C=O) groups excluding carboxylic acids is 1. The molecule has 1 aromatic carbocycles. The number of fused-ring (bicyclic) bond motifs is 1. The zero-order valence-corrected chi connectivity index (χ0v) is 12.4. The maximum absolute atomic E-state index is 12.4. The number of hydrogen-bond donors (Lipinski definition) is 1. The fourth-order valence-electron chi connectivity index (χ4n) is 2.42. The minimum Gasteiger partial charge on any atom is -0.441 e. The van der Waals surface area contributed by atoms with E-state index in [0.29, 0.717) is 28.4 Å². The monoisotopic (exact) mass is 284 g/mol. The van der Waals surface area contributed by atoms with Crippen LogP contribution in [0, 0.1) is 20.8 Å². The molecule has 0 radical (unpaired) electrons. The second kappa shape index (κ2) is 4.73. The van der Waals surface area contributed by atoms with Crippen LogP contribution in [0.5, 0.6) is 0 Å². The average molecular weight is 284 g/mol. The lowest BCUT2D eigenvalue weighted by molar-refractivity contribution is 0.102. The molecule has 21 heavy (non-hydrogen) atoms. The van der Waals surface area contributed by atoms with E-state index >= 15 is 0 Å². The molecular formula is C15H16N4O2.